The molecule has 0 aromatic carbocycles. The lowest BCUT2D eigenvalue weighted by Gasteiger charge is -2.22. The molecule has 0 spiro atoms. The summed E-state index contributed by atoms with van der Waals surface area (Å²) < 4.78 is 33.3. The number of rotatable bonds is 7. The Hall–Kier alpha value is -1.12. The highest BCUT2D eigenvalue weighted by atomic mass is 35.7. The number of esters is 1. The van der Waals surface area contributed by atoms with Crippen molar-refractivity contribution in [2.24, 2.45) is 0 Å². The smallest absolute Gasteiger partial charge is 0.360 e. The van der Waals surface area contributed by atoms with Crippen molar-refractivity contribution in [2.75, 3.05) is 13.7 Å². The first-order chi connectivity index (χ1) is 9.62. The van der Waals surface area contributed by atoms with Gasteiger partial charge >= 0.3 is 5.97 Å². The number of aromatic nitrogens is 2. The SMILES string of the molecule is CCc1[nH]nc(C(=O)OCCC(C)(C)OC)c1S(=O)(=O)Cl. The fourth-order valence-electron chi connectivity index (χ4n) is 1.57. The van der Waals surface area contributed by atoms with Gasteiger partial charge in [0.2, 0.25) is 0 Å². The molecule has 9 heteroatoms. The van der Waals surface area contributed by atoms with Gasteiger partial charge in [0.15, 0.2) is 5.69 Å². The number of nitrogens with one attached hydrogen (secondary N) is 1. The number of ether oxygens (including phenoxy) is 2. The van der Waals surface area contributed by atoms with E-state index in [1.54, 1.807) is 14.0 Å². The lowest BCUT2D eigenvalue weighted by molar-refractivity contribution is -0.00592. The molecule has 120 valence electrons. The lowest BCUT2D eigenvalue weighted by atomic mass is 10.1. The molecule has 0 unspecified atom stereocenters. The van der Waals surface area contributed by atoms with Crippen molar-refractivity contribution in [2.45, 2.75) is 44.1 Å². The van der Waals surface area contributed by atoms with E-state index in [1.807, 2.05) is 13.8 Å². The van der Waals surface area contributed by atoms with Crippen LogP contribution in [0.3, 0.4) is 0 Å². The number of nitrogens with zero attached hydrogens (tertiary/aromatic N) is 1. The zero-order valence-electron chi connectivity index (χ0n) is 12.4. The second-order valence-electron chi connectivity index (χ2n) is 5.02. The highest BCUT2D eigenvalue weighted by Crippen LogP contribution is 2.24. The van der Waals surface area contributed by atoms with E-state index in [4.69, 9.17) is 20.2 Å². The average molecular weight is 339 g/mol. The van der Waals surface area contributed by atoms with Gasteiger partial charge in [0.05, 0.1) is 17.9 Å². The first-order valence-electron chi connectivity index (χ1n) is 6.36. The van der Waals surface area contributed by atoms with E-state index in [0.717, 1.165) is 0 Å². The van der Waals surface area contributed by atoms with E-state index in [2.05, 4.69) is 10.2 Å². The number of carbonyl (C=O) groups excluding carboxylic acids is 1. The summed E-state index contributed by atoms with van der Waals surface area (Å²) in [5.74, 6) is -0.836. The molecule has 1 rings (SSSR count). The van der Waals surface area contributed by atoms with Crippen LogP contribution in [-0.4, -0.2) is 43.9 Å². The van der Waals surface area contributed by atoms with E-state index in [0.29, 0.717) is 12.8 Å². The summed E-state index contributed by atoms with van der Waals surface area (Å²) in [4.78, 5) is 11.6. The largest absolute Gasteiger partial charge is 0.461 e. The maximum Gasteiger partial charge on any atom is 0.360 e. The fraction of sp³-hybridized carbons (Fsp3) is 0.667. The van der Waals surface area contributed by atoms with Gasteiger partial charge in [0.25, 0.3) is 9.05 Å². The predicted octanol–water partition coefficient (Wildman–Crippen LogP) is 1.87. The maximum absolute atomic E-state index is 11.9. The number of carbonyl (C=O) groups is 1. The molecule has 0 aliphatic carbocycles. The van der Waals surface area contributed by atoms with Gasteiger partial charge in [-0.05, 0) is 20.3 Å². The van der Waals surface area contributed by atoms with E-state index >= 15 is 0 Å². The third-order valence-corrected chi connectivity index (χ3v) is 4.46. The highest BCUT2D eigenvalue weighted by Gasteiger charge is 2.29. The summed E-state index contributed by atoms with van der Waals surface area (Å²) >= 11 is 0. The van der Waals surface area contributed by atoms with Crippen molar-refractivity contribution in [3.8, 4) is 0 Å². The number of aromatic amines is 1. The van der Waals surface area contributed by atoms with Crippen LogP contribution >= 0.6 is 10.7 Å². The number of aryl methyl sites for hydroxylation is 1. The molecule has 0 atom stereocenters. The molecule has 0 radical (unpaired) electrons. The zero-order chi connectivity index (χ0) is 16.3. The second kappa shape index (κ2) is 6.76. The first kappa shape index (κ1) is 17.9. The minimum absolute atomic E-state index is 0.0791. The molecule has 1 heterocycles. The third-order valence-electron chi connectivity index (χ3n) is 3.07. The van der Waals surface area contributed by atoms with Crippen molar-refractivity contribution >= 4 is 25.7 Å². The molecule has 1 N–H and O–H groups in total. The molecule has 0 bridgehead atoms. The minimum Gasteiger partial charge on any atom is -0.461 e. The average Bonchev–Trinajstić information content (AvgIpc) is 2.82. The topological polar surface area (TPSA) is 98.3 Å². The fourth-order valence-corrected chi connectivity index (χ4v) is 2.91. The number of halogens is 1. The Morgan fingerprint density at radius 1 is 1.43 bits per heavy atom. The van der Waals surface area contributed by atoms with Crippen LogP contribution in [0, 0.1) is 0 Å². The van der Waals surface area contributed by atoms with Crippen molar-refractivity contribution in [1.82, 2.24) is 10.2 Å². The summed E-state index contributed by atoms with van der Waals surface area (Å²) in [7, 11) is 2.82. The molecule has 1 aromatic rings. The van der Waals surface area contributed by atoms with Gasteiger partial charge in [-0.2, -0.15) is 5.10 Å². The van der Waals surface area contributed by atoms with Crippen molar-refractivity contribution in [3.05, 3.63) is 11.4 Å². The van der Waals surface area contributed by atoms with Crippen LogP contribution in [0.1, 0.15) is 43.4 Å². The molecule has 7 nitrogen and oxygen atoms in total. The summed E-state index contributed by atoms with van der Waals surface area (Å²) in [6.07, 6.45) is 0.807. The summed E-state index contributed by atoms with van der Waals surface area (Å²) in [6.45, 7) is 5.49. The monoisotopic (exact) mass is 338 g/mol. The molecule has 0 saturated heterocycles. The van der Waals surface area contributed by atoms with E-state index < -0.39 is 20.6 Å². The van der Waals surface area contributed by atoms with Crippen LogP contribution in [-0.2, 0) is 24.9 Å². The lowest BCUT2D eigenvalue weighted by Crippen LogP contribution is -2.25. The molecule has 0 aliphatic rings. The quantitative estimate of drug-likeness (QED) is 0.602. The van der Waals surface area contributed by atoms with E-state index in [1.165, 1.54) is 0 Å². The Kier molecular flexibility index (Phi) is 5.77. The van der Waals surface area contributed by atoms with Crippen LogP contribution in [0.5, 0.6) is 0 Å². The van der Waals surface area contributed by atoms with Crippen LogP contribution in [0.15, 0.2) is 4.90 Å². The summed E-state index contributed by atoms with van der Waals surface area (Å²) in [6, 6.07) is 0. The Bertz CT molecular complexity index is 609. The maximum atomic E-state index is 11.9. The zero-order valence-corrected chi connectivity index (χ0v) is 14.0. The normalized spacial score (nSPS) is 12.4. The van der Waals surface area contributed by atoms with E-state index in [9.17, 15) is 13.2 Å². The number of hydrogen-bond acceptors (Lipinski definition) is 6. The third kappa shape index (κ3) is 4.69. The van der Waals surface area contributed by atoms with Crippen LogP contribution < -0.4 is 0 Å². The number of H-pyrrole nitrogens is 1. The predicted molar refractivity (Wildman–Crippen MR) is 77.0 cm³/mol. The van der Waals surface area contributed by atoms with Crippen LogP contribution in [0.25, 0.3) is 0 Å². The van der Waals surface area contributed by atoms with Gasteiger partial charge in [0.1, 0.15) is 4.90 Å². The van der Waals surface area contributed by atoms with Gasteiger partial charge in [-0.15, -0.1) is 0 Å². The molecule has 0 aliphatic heterocycles. The van der Waals surface area contributed by atoms with Crippen molar-refractivity contribution in [3.63, 3.8) is 0 Å². The van der Waals surface area contributed by atoms with Crippen LogP contribution in [0.4, 0.5) is 0 Å². The number of hydrogen-bond donors (Lipinski definition) is 1. The van der Waals surface area contributed by atoms with Crippen molar-refractivity contribution < 1.29 is 22.7 Å². The van der Waals surface area contributed by atoms with Gasteiger partial charge in [-0.25, -0.2) is 13.2 Å². The molecular weight excluding hydrogens is 320 g/mol. The van der Waals surface area contributed by atoms with Gasteiger partial charge in [0, 0.05) is 24.2 Å². The van der Waals surface area contributed by atoms with Gasteiger partial charge < -0.3 is 9.47 Å². The Morgan fingerprint density at radius 3 is 2.52 bits per heavy atom. The molecule has 0 amide bonds. The minimum atomic E-state index is -4.08. The Morgan fingerprint density at radius 2 is 2.05 bits per heavy atom. The molecule has 21 heavy (non-hydrogen) atoms. The Balaban J connectivity index is 2.87. The first-order valence-corrected chi connectivity index (χ1v) is 8.67. The number of methoxy groups -OCH3 is 1. The second-order valence-corrected chi connectivity index (χ2v) is 7.52. The molecule has 0 fully saturated rings. The van der Waals surface area contributed by atoms with Crippen LogP contribution in [0.2, 0.25) is 0 Å². The summed E-state index contributed by atoms with van der Waals surface area (Å²) in [5, 5.41) is 6.18. The van der Waals surface area contributed by atoms with Gasteiger partial charge in [-0.1, -0.05) is 6.92 Å². The highest BCUT2D eigenvalue weighted by molar-refractivity contribution is 8.13. The summed E-state index contributed by atoms with van der Waals surface area (Å²) in [5.41, 5.74) is -0.492. The standard InChI is InChI=1S/C12H19ClN2O5S/c1-5-8-10(21(13,17)18)9(15-14-8)11(16)20-7-6-12(2,3)19-4/h5-7H2,1-4H3,(H,14,15). The molecule has 1 aromatic heterocycles. The van der Waals surface area contributed by atoms with Gasteiger partial charge in [-0.3, -0.25) is 5.10 Å². The molecule has 0 saturated carbocycles. The molecular formula is C12H19ClN2O5S. The Labute approximate surface area is 128 Å². The van der Waals surface area contributed by atoms with Crippen molar-refractivity contribution in [1.29, 1.82) is 0 Å². The van der Waals surface area contributed by atoms with E-state index in [-0.39, 0.29) is 22.9 Å².